The number of hydrogen-bond acceptors (Lipinski definition) is 3. The highest BCUT2D eigenvalue weighted by Gasteiger charge is 2.27. The lowest BCUT2D eigenvalue weighted by molar-refractivity contribution is -0.127. The number of carbonyl (C=O) groups is 1. The highest BCUT2D eigenvalue weighted by Crippen LogP contribution is 2.21. The van der Waals surface area contributed by atoms with Gasteiger partial charge in [-0.05, 0) is 63.0 Å². The number of piperidine rings is 1. The molecule has 1 amide bonds. The second-order valence-corrected chi connectivity index (χ2v) is 8.84. The van der Waals surface area contributed by atoms with Crippen molar-refractivity contribution in [1.29, 1.82) is 0 Å². The summed E-state index contributed by atoms with van der Waals surface area (Å²) in [7, 11) is 4.16. The molecule has 146 valence electrons. The Morgan fingerprint density at radius 2 is 1.73 bits per heavy atom. The van der Waals surface area contributed by atoms with Gasteiger partial charge in [0.2, 0.25) is 5.91 Å². The van der Waals surface area contributed by atoms with Gasteiger partial charge in [-0.1, -0.05) is 45.0 Å². The largest absolute Gasteiger partial charge is 0.355 e. The maximum Gasteiger partial charge on any atom is 0.223 e. The average Bonchev–Trinajstić information content (AvgIpc) is 2.60. The van der Waals surface area contributed by atoms with Gasteiger partial charge in [0.1, 0.15) is 0 Å². The van der Waals surface area contributed by atoms with Gasteiger partial charge in [0.15, 0.2) is 0 Å². The zero-order valence-corrected chi connectivity index (χ0v) is 17.3. The SMILES string of the molecule is CCc1ccc(CN2CCC(C(=O)NCC(C)(C)CN(C)C)CC2)cc1. The van der Waals surface area contributed by atoms with Gasteiger partial charge in [-0.15, -0.1) is 0 Å². The number of hydrogen-bond donors (Lipinski definition) is 1. The summed E-state index contributed by atoms with van der Waals surface area (Å²) >= 11 is 0. The van der Waals surface area contributed by atoms with Crippen LogP contribution in [-0.2, 0) is 17.8 Å². The summed E-state index contributed by atoms with van der Waals surface area (Å²) in [5.74, 6) is 0.410. The van der Waals surface area contributed by atoms with Crippen LogP contribution in [-0.4, -0.2) is 56.0 Å². The van der Waals surface area contributed by atoms with E-state index in [1.807, 2.05) is 0 Å². The van der Waals surface area contributed by atoms with E-state index in [-0.39, 0.29) is 17.2 Å². The Kier molecular flexibility index (Phi) is 7.66. The first-order valence-corrected chi connectivity index (χ1v) is 10.0. The predicted octanol–water partition coefficient (Wildman–Crippen LogP) is 3.17. The minimum atomic E-state index is 0.102. The smallest absolute Gasteiger partial charge is 0.223 e. The highest BCUT2D eigenvalue weighted by molar-refractivity contribution is 5.78. The van der Waals surface area contributed by atoms with Crippen molar-refractivity contribution in [2.75, 3.05) is 40.3 Å². The number of nitrogens with zero attached hydrogens (tertiary/aromatic N) is 2. The quantitative estimate of drug-likeness (QED) is 0.774. The van der Waals surface area contributed by atoms with Gasteiger partial charge >= 0.3 is 0 Å². The maximum absolute atomic E-state index is 12.5. The first-order chi connectivity index (χ1) is 12.3. The van der Waals surface area contributed by atoms with Crippen molar-refractivity contribution in [3.63, 3.8) is 0 Å². The molecule has 1 N–H and O–H groups in total. The van der Waals surface area contributed by atoms with Gasteiger partial charge in [0, 0.05) is 25.6 Å². The van der Waals surface area contributed by atoms with E-state index >= 15 is 0 Å². The molecule has 1 aliphatic heterocycles. The molecule has 4 heteroatoms. The minimum absolute atomic E-state index is 0.102. The second kappa shape index (κ2) is 9.52. The molecule has 1 aromatic rings. The first-order valence-electron chi connectivity index (χ1n) is 10.0. The number of aryl methyl sites for hydroxylation is 1. The molecule has 1 aromatic carbocycles. The van der Waals surface area contributed by atoms with Crippen LogP contribution < -0.4 is 5.32 Å². The number of benzene rings is 1. The van der Waals surface area contributed by atoms with Crippen molar-refractivity contribution in [1.82, 2.24) is 15.1 Å². The van der Waals surface area contributed by atoms with Crippen LogP contribution in [0, 0.1) is 11.3 Å². The minimum Gasteiger partial charge on any atom is -0.355 e. The fourth-order valence-electron chi connectivity index (χ4n) is 3.87. The van der Waals surface area contributed by atoms with Gasteiger partial charge in [0.25, 0.3) is 0 Å². The fourth-order valence-corrected chi connectivity index (χ4v) is 3.87. The van der Waals surface area contributed by atoms with Crippen molar-refractivity contribution >= 4 is 5.91 Å². The molecule has 1 fully saturated rings. The summed E-state index contributed by atoms with van der Waals surface area (Å²) in [5, 5.41) is 3.19. The van der Waals surface area contributed by atoms with Crippen LogP contribution in [0.2, 0.25) is 0 Å². The van der Waals surface area contributed by atoms with Crippen LogP contribution in [0.15, 0.2) is 24.3 Å². The molecule has 1 saturated heterocycles. The molecule has 26 heavy (non-hydrogen) atoms. The summed E-state index contributed by atoms with van der Waals surface area (Å²) in [5.41, 5.74) is 2.86. The molecule has 2 rings (SSSR count). The van der Waals surface area contributed by atoms with Crippen LogP contribution in [0.25, 0.3) is 0 Å². The average molecular weight is 360 g/mol. The first kappa shape index (κ1) is 20.9. The number of amides is 1. The third-order valence-corrected chi connectivity index (χ3v) is 5.28. The Morgan fingerprint density at radius 3 is 2.27 bits per heavy atom. The maximum atomic E-state index is 12.5. The molecule has 0 aromatic heterocycles. The van der Waals surface area contributed by atoms with Gasteiger partial charge in [-0.25, -0.2) is 0 Å². The van der Waals surface area contributed by atoms with E-state index in [9.17, 15) is 4.79 Å². The zero-order valence-electron chi connectivity index (χ0n) is 17.3. The van der Waals surface area contributed by atoms with Crippen LogP contribution in [0.1, 0.15) is 44.7 Å². The van der Waals surface area contributed by atoms with Crippen LogP contribution >= 0.6 is 0 Å². The molecule has 0 saturated carbocycles. The third kappa shape index (κ3) is 6.73. The molecule has 0 spiro atoms. The van der Waals surface area contributed by atoms with E-state index < -0.39 is 0 Å². The molecular weight excluding hydrogens is 322 g/mol. The van der Waals surface area contributed by atoms with Gasteiger partial charge in [-0.3, -0.25) is 9.69 Å². The Hall–Kier alpha value is -1.39. The topological polar surface area (TPSA) is 35.6 Å². The lowest BCUT2D eigenvalue weighted by atomic mass is 9.91. The number of nitrogens with one attached hydrogen (secondary N) is 1. The van der Waals surface area contributed by atoms with Crippen molar-refractivity contribution in [2.45, 2.75) is 46.6 Å². The highest BCUT2D eigenvalue weighted by atomic mass is 16.1. The molecular formula is C22H37N3O. The molecule has 0 atom stereocenters. The number of carbonyl (C=O) groups excluding carboxylic acids is 1. The van der Waals surface area contributed by atoms with E-state index in [0.29, 0.717) is 0 Å². The molecule has 0 bridgehead atoms. The number of likely N-dealkylation sites (tertiary alicyclic amines) is 1. The van der Waals surface area contributed by atoms with E-state index in [0.717, 1.165) is 52.0 Å². The van der Waals surface area contributed by atoms with Crippen LogP contribution in [0.4, 0.5) is 0 Å². The molecule has 4 nitrogen and oxygen atoms in total. The van der Waals surface area contributed by atoms with Gasteiger partial charge in [-0.2, -0.15) is 0 Å². The van der Waals surface area contributed by atoms with E-state index in [2.05, 4.69) is 74.2 Å². The number of rotatable bonds is 8. The van der Waals surface area contributed by atoms with Crippen molar-refractivity contribution in [2.24, 2.45) is 11.3 Å². The summed E-state index contributed by atoms with van der Waals surface area (Å²) < 4.78 is 0. The summed E-state index contributed by atoms with van der Waals surface area (Å²) in [6.07, 6.45) is 3.02. The zero-order chi connectivity index (χ0) is 19.2. The predicted molar refractivity (Wildman–Crippen MR) is 109 cm³/mol. The molecule has 0 unspecified atom stereocenters. The Labute approximate surface area is 159 Å². The summed E-state index contributed by atoms with van der Waals surface area (Å²) in [4.78, 5) is 17.2. The van der Waals surface area contributed by atoms with Crippen molar-refractivity contribution in [3.8, 4) is 0 Å². The Balaban J connectivity index is 1.74. The Bertz CT molecular complexity index is 557. The second-order valence-electron chi connectivity index (χ2n) is 8.84. The van der Waals surface area contributed by atoms with Crippen molar-refractivity contribution < 1.29 is 4.79 Å². The normalized spacial score (nSPS) is 16.8. The molecule has 1 heterocycles. The molecule has 1 aliphatic rings. The summed E-state index contributed by atoms with van der Waals surface area (Å²) in [6, 6.07) is 8.94. The monoisotopic (exact) mass is 359 g/mol. The lowest BCUT2D eigenvalue weighted by Gasteiger charge is -2.33. The molecule has 0 radical (unpaired) electrons. The standard InChI is InChI=1S/C22H37N3O/c1-6-18-7-9-19(10-8-18)15-25-13-11-20(12-14-25)21(26)23-16-22(2,3)17-24(4)5/h7-10,20H,6,11-17H2,1-5H3,(H,23,26). The third-order valence-electron chi connectivity index (χ3n) is 5.28. The van der Waals surface area contributed by atoms with E-state index in [4.69, 9.17) is 0 Å². The van der Waals surface area contributed by atoms with Gasteiger partial charge < -0.3 is 10.2 Å². The van der Waals surface area contributed by atoms with E-state index in [1.54, 1.807) is 0 Å². The van der Waals surface area contributed by atoms with E-state index in [1.165, 1.54) is 11.1 Å². The summed E-state index contributed by atoms with van der Waals surface area (Å²) in [6.45, 7) is 11.3. The van der Waals surface area contributed by atoms with Crippen molar-refractivity contribution in [3.05, 3.63) is 35.4 Å². The molecule has 0 aliphatic carbocycles. The lowest BCUT2D eigenvalue weighted by Crippen LogP contribution is -2.44. The van der Waals surface area contributed by atoms with Crippen LogP contribution in [0.3, 0.4) is 0 Å². The van der Waals surface area contributed by atoms with Gasteiger partial charge in [0.05, 0.1) is 0 Å². The van der Waals surface area contributed by atoms with Crippen LogP contribution in [0.5, 0.6) is 0 Å². The Morgan fingerprint density at radius 1 is 1.15 bits per heavy atom. The fraction of sp³-hybridized carbons (Fsp3) is 0.682.